The monoisotopic (exact) mass is 503 g/mol. The molecular weight excluding hydrogens is 477 g/mol. The molecule has 1 aliphatic heterocycles. The summed E-state index contributed by atoms with van der Waals surface area (Å²) in [5.74, 6) is 0.415. The Morgan fingerprint density at radius 2 is 1.89 bits per heavy atom. The van der Waals surface area contributed by atoms with Gasteiger partial charge in [-0.1, -0.05) is 0 Å². The Bertz CT molecular complexity index is 1490. The van der Waals surface area contributed by atoms with Crippen LogP contribution in [-0.4, -0.2) is 58.6 Å². The molecule has 3 aromatic heterocycles. The predicted octanol–water partition coefficient (Wildman–Crippen LogP) is 3.47. The van der Waals surface area contributed by atoms with Gasteiger partial charge in [0, 0.05) is 55.2 Å². The van der Waals surface area contributed by atoms with Gasteiger partial charge in [0.15, 0.2) is 0 Å². The van der Waals surface area contributed by atoms with Gasteiger partial charge in [0.2, 0.25) is 11.9 Å². The molecule has 0 radical (unpaired) electrons. The van der Waals surface area contributed by atoms with Crippen molar-refractivity contribution in [2.75, 3.05) is 11.9 Å². The van der Waals surface area contributed by atoms with Gasteiger partial charge >= 0.3 is 5.97 Å². The highest BCUT2D eigenvalue weighted by atomic mass is 19.1. The summed E-state index contributed by atoms with van der Waals surface area (Å²) in [5.41, 5.74) is 0.547. The number of carboxylic acids is 1. The number of carbonyl (C=O) groups excluding carboxylic acids is 1. The highest BCUT2D eigenvalue weighted by Crippen LogP contribution is 2.29. The van der Waals surface area contributed by atoms with Gasteiger partial charge < -0.3 is 24.5 Å². The van der Waals surface area contributed by atoms with E-state index in [0.717, 1.165) is 38.1 Å². The fraction of sp³-hybridized carbons (Fsp3) is 0.346. The zero-order valence-corrected chi connectivity index (χ0v) is 20.0. The maximum atomic E-state index is 13.8. The molecule has 1 aliphatic carbocycles. The lowest BCUT2D eigenvalue weighted by Crippen LogP contribution is -2.43. The van der Waals surface area contributed by atoms with Crippen LogP contribution >= 0.6 is 0 Å². The number of amides is 1. The van der Waals surface area contributed by atoms with Gasteiger partial charge in [0.1, 0.15) is 17.5 Å². The van der Waals surface area contributed by atoms with Crippen molar-refractivity contribution in [3.63, 3.8) is 0 Å². The summed E-state index contributed by atoms with van der Waals surface area (Å²) in [6.07, 6.45) is 10.0. The van der Waals surface area contributed by atoms with Crippen LogP contribution in [0.15, 0.2) is 49.1 Å². The second-order valence-corrected chi connectivity index (χ2v) is 9.61. The lowest BCUT2D eigenvalue weighted by atomic mass is 9.85. The summed E-state index contributed by atoms with van der Waals surface area (Å²) >= 11 is 0. The van der Waals surface area contributed by atoms with E-state index in [-0.39, 0.29) is 23.4 Å². The number of halogens is 1. The first-order chi connectivity index (χ1) is 18.0. The smallest absolute Gasteiger partial charge is 0.337 e. The Hall–Kier alpha value is -4.28. The predicted molar refractivity (Wildman–Crippen MR) is 133 cm³/mol. The first-order valence-corrected chi connectivity index (χ1v) is 12.4. The number of carbonyl (C=O) groups is 2. The van der Waals surface area contributed by atoms with Gasteiger partial charge in [-0.2, -0.15) is 4.98 Å². The molecule has 1 amide bonds. The number of imidazole rings is 1. The highest BCUT2D eigenvalue weighted by Gasteiger charge is 2.31. The SMILES string of the molecule is O=C(O)c1cn(-c2ccnc(NC3CCC(C(=O)N4CCn5ccnc5C4)CC3)n2)c2ccc(F)cc12. The molecule has 0 unspecified atom stereocenters. The molecule has 0 atom stereocenters. The van der Waals surface area contributed by atoms with E-state index in [1.54, 1.807) is 29.1 Å². The summed E-state index contributed by atoms with van der Waals surface area (Å²) in [6.45, 7) is 2.06. The van der Waals surface area contributed by atoms with E-state index >= 15 is 0 Å². The molecule has 4 aromatic rings. The molecule has 4 heterocycles. The van der Waals surface area contributed by atoms with Gasteiger partial charge in [-0.05, 0) is 49.9 Å². The van der Waals surface area contributed by atoms with Crippen LogP contribution in [0.4, 0.5) is 10.3 Å². The minimum atomic E-state index is -1.14. The zero-order valence-electron chi connectivity index (χ0n) is 20.0. The number of rotatable bonds is 5. The molecule has 0 spiro atoms. The number of nitrogens with zero attached hydrogens (tertiary/aromatic N) is 6. The second-order valence-electron chi connectivity index (χ2n) is 9.61. The Morgan fingerprint density at radius 1 is 1.05 bits per heavy atom. The number of hydrogen-bond donors (Lipinski definition) is 2. The Balaban J connectivity index is 1.13. The molecule has 1 aromatic carbocycles. The van der Waals surface area contributed by atoms with Crippen molar-refractivity contribution in [2.45, 2.75) is 44.8 Å². The maximum absolute atomic E-state index is 13.8. The first-order valence-electron chi connectivity index (χ1n) is 12.4. The number of benzene rings is 1. The molecule has 190 valence electrons. The fourth-order valence-electron chi connectivity index (χ4n) is 5.40. The Labute approximate surface area is 211 Å². The molecule has 2 aliphatic rings. The van der Waals surface area contributed by atoms with Crippen molar-refractivity contribution in [1.29, 1.82) is 0 Å². The molecular formula is C26H26FN7O3. The second kappa shape index (κ2) is 9.30. The van der Waals surface area contributed by atoms with Crippen molar-refractivity contribution in [3.05, 3.63) is 66.3 Å². The van der Waals surface area contributed by atoms with Crippen molar-refractivity contribution >= 4 is 28.7 Å². The lowest BCUT2D eigenvalue weighted by molar-refractivity contribution is -0.138. The molecule has 10 nitrogen and oxygen atoms in total. The van der Waals surface area contributed by atoms with Gasteiger partial charge in [0.25, 0.3) is 0 Å². The lowest BCUT2D eigenvalue weighted by Gasteiger charge is -2.34. The molecule has 0 bridgehead atoms. The van der Waals surface area contributed by atoms with Crippen LogP contribution in [0.25, 0.3) is 16.7 Å². The van der Waals surface area contributed by atoms with E-state index < -0.39 is 11.8 Å². The van der Waals surface area contributed by atoms with Crippen LogP contribution in [0, 0.1) is 11.7 Å². The van der Waals surface area contributed by atoms with Crippen molar-refractivity contribution in [3.8, 4) is 5.82 Å². The zero-order chi connectivity index (χ0) is 25.5. The van der Waals surface area contributed by atoms with Crippen molar-refractivity contribution in [1.82, 2.24) is 29.0 Å². The van der Waals surface area contributed by atoms with E-state index in [9.17, 15) is 19.1 Å². The standard InChI is InChI=1S/C26H26FN7O3/c27-17-3-6-21-19(13-17)20(25(36)37)14-34(21)22-7-8-29-26(31-22)30-18-4-1-16(2-5-18)24(35)33-12-11-32-10-9-28-23(32)15-33/h3,6-10,13-14,16,18H,1-2,4-5,11-12,15H2,(H,36,37)(H,29,30,31). The molecule has 6 rings (SSSR count). The van der Waals surface area contributed by atoms with Crippen LogP contribution in [0.5, 0.6) is 0 Å². The first kappa shape index (κ1) is 23.1. The quantitative estimate of drug-likeness (QED) is 0.428. The summed E-state index contributed by atoms with van der Waals surface area (Å²) in [7, 11) is 0. The molecule has 0 saturated heterocycles. The minimum absolute atomic E-state index is 0.00305. The van der Waals surface area contributed by atoms with Gasteiger partial charge in [-0.25, -0.2) is 19.2 Å². The van der Waals surface area contributed by atoms with E-state index in [1.165, 1.54) is 18.3 Å². The summed E-state index contributed by atoms with van der Waals surface area (Å²) < 4.78 is 17.5. The van der Waals surface area contributed by atoms with E-state index in [2.05, 4.69) is 24.8 Å². The van der Waals surface area contributed by atoms with Crippen molar-refractivity contribution < 1.29 is 19.1 Å². The summed E-state index contributed by atoms with van der Waals surface area (Å²) in [6, 6.07) is 5.86. The maximum Gasteiger partial charge on any atom is 0.337 e. The van der Waals surface area contributed by atoms with Gasteiger partial charge in [-0.3, -0.25) is 4.79 Å². The van der Waals surface area contributed by atoms with E-state index in [1.807, 2.05) is 11.1 Å². The van der Waals surface area contributed by atoms with Crippen LogP contribution in [0.2, 0.25) is 0 Å². The van der Waals surface area contributed by atoms with Crippen LogP contribution in [-0.2, 0) is 17.9 Å². The number of hydrogen-bond acceptors (Lipinski definition) is 6. The number of carboxylic acid groups (broad SMARTS) is 1. The number of aromatic carboxylic acids is 1. The van der Waals surface area contributed by atoms with Crippen LogP contribution in [0.1, 0.15) is 41.9 Å². The molecule has 1 fully saturated rings. The average molecular weight is 504 g/mol. The topological polar surface area (TPSA) is 118 Å². The number of aromatic nitrogens is 5. The third-order valence-corrected chi connectivity index (χ3v) is 7.35. The summed E-state index contributed by atoms with van der Waals surface area (Å²) in [4.78, 5) is 40.0. The Kier molecular flexibility index (Phi) is 5.82. The third kappa shape index (κ3) is 4.41. The minimum Gasteiger partial charge on any atom is -0.478 e. The largest absolute Gasteiger partial charge is 0.478 e. The summed E-state index contributed by atoms with van der Waals surface area (Å²) in [5, 5.41) is 13.3. The highest BCUT2D eigenvalue weighted by molar-refractivity contribution is 6.04. The number of nitrogens with one attached hydrogen (secondary N) is 1. The molecule has 1 saturated carbocycles. The molecule has 37 heavy (non-hydrogen) atoms. The van der Waals surface area contributed by atoms with E-state index in [0.29, 0.717) is 35.8 Å². The number of anilines is 1. The number of fused-ring (bicyclic) bond motifs is 2. The molecule has 2 N–H and O–H groups in total. The fourth-order valence-corrected chi connectivity index (χ4v) is 5.40. The van der Waals surface area contributed by atoms with Crippen LogP contribution < -0.4 is 5.32 Å². The van der Waals surface area contributed by atoms with Crippen LogP contribution in [0.3, 0.4) is 0 Å². The Morgan fingerprint density at radius 3 is 2.70 bits per heavy atom. The van der Waals surface area contributed by atoms with Crippen molar-refractivity contribution in [2.24, 2.45) is 5.92 Å². The van der Waals surface area contributed by atoms with Gasteiger partial charge in [0.05, 0.1) is 17.6 Å². The molecule has 11 heteroatoms. The van der Waals surface area contributed by atoms with E-state index in [4.69, 9.17) is 0 Å². The van der Waals surface area contributed by atoms with Gasteiger partial charge in [-0.15, -0.1) is 0 Å². The average Bonchev–Trinajstić information content (AvgIpc) is 3.53. The third-order valence-electron chi connectivity index (χ3n) is 7.35. The normalized spacial score (nSPS) is 19.5.